The quantitative estimate of drug-likeness (QED) is 0.649. The number of aliphatic hydroxyl groups excluding tert-OH is 1. The molecule has 1 N–H and O–H groups in total. The minimum absolute atomic E-state index is 0. The fraction of sp³-hybridized carbons (Fsp3) is 0.923. The van der Waals surface area contributed by atoms with Gasteiger partial charge in [-0.15, -0.1) is 12.4 Å². The highest BCUT2D eigenvalue weighted by molar-refractivity contribution is 5.85. The number of aliphatic imine (C=N–C) groups is 1. The van der Waals surface area contributed by atoms with Crippen LogP contribution in [0.2, 0.25) is 0 Å². The monoisotopic (exact) mass is 262 g/mol. The summed E-state index contributed by atoms with van der Waals surface area (Å²) in [5, 5.41) is 8.92. The van der Waals surface area contributed by atoms with Crippen molar-refractivity contribution in [3.8, 4) is 0 Å². The number of amidine groups is 1. The Bertz CT molecular complexity index is 210. The molecule has 0 saturated carbocycles. The fourth-order valence-corrected chi connectivity index (χ4v) is 2.19. The van der Waals surface area contributed by atoms with Crippen molar-refractivity contribution in [1.82, 2.24) is 4.90 Å². The van der Waals surface area contributed by atoms with Crippen LogP contribution in [0.25, 0.3) is 0 Å². The number of nitrogens with zero attached hydrogens (tertiary/aromatic N) is 2. The van der Waals surface area contributed by atoms with Gasteiger partial charge in [0, 0.05) is 19.5 Å². The minimum atomic E-state index is 0. The molecule has 1 aliphatic rings. The van der Waals surface area contributed by atoms with E-state index in [4.69, 9.17) is 5.11 Å². The normalized spacial score (nSPS) is 14.7. The number of unbranched alkanes of at least 4 members (excludes halogenated alkanes) is 5. The SMILES string of the molecule is CCCCCCCCC1=NCCN1CCO.Cl. The molecule has 102 valence electrons. The zero-order valence-electron chi connectivity index (χ0n) is 11.0. The van der Waals surface area contributed by atoms with E-state index in [0.717, 1.165) is 26.1 Å². The van der Waals surface area contributed by atoms with E-state index >= 15 is 0 Å². The van der Waals surface area contributed by atoms with E-state index in [0.29, 0.717) is 0 Å². The Morgan fingerprint density at radius 2 is 1.88 bits per heavy atom. The van der Waals surface area contributed by atoms with Crippen LogP contribution >= 0.6 is 12.4 Å². The van der Waals surface area contributed by atoms with E-state index in [-0.39, 0.29) is 19.0 Å². The van der Waals surface area contributed by atoms with E-state index in [1.807, 2.05) is 0 Å². The van der Waals surface area contributed by atoms with Gasteiger partial charge >= 0.3 is 0 Å². The molecule has 0 aliphatic carbocycles. The van der Waals surface area contributed by atoms with Gasteiger partial charge in [-0.2, -0.15) is 0 Å². The molecule has 0 atom stereocenters. The minimum Gasteiger partial charge on any atom is -0.395 e. The molecule has 0 aromatic rings. The first kappa shape index (κ1) is 16.7. The summed E-state index contributed by atoms with van der Waals surface area (Å²) in [4.78, 5) is 6.73. The maximum Gasteiger partial charge on any atom is 0.0991 e. The van der Waals surface area contributed by atoms with Gasteiger partial charge in [-0.1, -0.05) is 39.0 Å². The molecule has 0 amide bonds. The molecule has 1 aliphatic heterocycles. The second-order valence-electron chi connectivity index (χ2n) is 4.53. The number of hydrogen-bond acceptors (Lipinski definition) is 3. The zero-order chi connectivity index (χ0) is 11.6. The van der Waals surface area contributed by atoms with Gasteiger partial charge in [0.2, 0.25) is 0 Å². The molecular weight excluding hydrogens is 236 g/mol. The summed E-state index contributed by atoms with van der Waals surface area (Å²) in [5.74, 6) is 1.23. The van der Waals surface area contributed by atoms with E-state index in [9.17, 15) is 0 Å². The van der Waals surface area contributed by atoms with E-state index < -0.39 is 0 Å². The van der Waals surface area contributed by atoms with Crippen LogP contribution in [-0.2, 0) is 0 Å². The molecule has 0 bridgehead atoms. The molecule has 0 spiro atoms. The molecule has 0 fully saturated rings. The molecule has 17 heavy (non-hydrogen) atoms. The molecule has 0 unspecified atom stereocenters. The predicted molar refractivity (Wildman–Crippen MR) is 76.2 cm³/mol. The second kappa shape index (κ2) is 10.8. The number of hydrogen-bond donors (Lipinski definition) is 1. The topological polar surface area (TPSA) is 35.8 Å². The number of rotatable bonds is 9. The lowest BCUT2D eigenvalue weighted by Gasteiger charge is -2.18. The Hall–Kier alpha value is -0.280. The van der Waals surface area contributed by atoms with Crippen molar-refractivity contribution in [3.05, 3.63) is 0 Å². The van der Waals surface area contributed by atoms with Gasteiger partial charge < -0.3 is 10.0 Å². The maximum atomic E-state index is 8.92. The first-order chi connectivity index (χ1) is 7.88. The van der Waals surface area contributed by atoms with Crippen molar-refractivity contribution < 1.29 is 5.11 Å². The molecule has 0 radical (unpaired) electrons. The highest BCUT2D eigenvalue weighted by atomic mass is 35.5. The fourth-order valence-electron chi connectivity index (χ4n) is 2.19. The summed E-state index contributed by atoms with van der Waals surface area (Å²) in [6, 6.07) is 0. The average Bonchev–Trinajstić information content (AvgIpc) is 2.72. The van der Waals surface area contributed by atoms with Crippen LogP contribution in [0.3, 0.4) is 0 Å². The zero-order valence-corrected chi connectivity index (χ0v) is 11.8. The predicted octanol–water partition coefficient (Wildman–Crippen LogP) is 2.87. The summed E-state index contributed by atoms with van der Waals surface area (Å²) in [7, 11) is 0. The lowest BCUT2D eigenvalue weighted by molar-refractivity contribution is 0.255. The van der Waals surface area contributed by atoms with Crippen molar-refractivity contribution in [2.24, 2.45) is 4.99 Å². The summed E-state index contributed by atoms with van der Waals surface area (Å²) in [6.45, 7) is 5.18. The van der Waals surface area contributed by atoms with Gasteiger partial charge in [-0.3, -0.25) is 4.99 Å². The van der Waals surface area contributed by atoms with Crippen molar-refractivity contribution in [2.45, 2.75) is 51.9 Å². The first-order valence-electron chi connectivity index (χ1n) is 6.77. The third-order valence-corrected chi connectivity index (χ3v) is 3.15. The van der Waals surface area contributed by atoms with Crippen molar-refractivity contribution >= 4 is 18.2 Å². The Morgan fingerprint density at radius 3 is 2.59 bits per heavy atom. The molecule has 4 heteroatoms. The molecule has 0 aromatic heterocycles. The summed E-state index contributed by atoms with van der Waals surface area (Å²) in [5.41, 5.74) is 0. The van der Waals surface area contributed by atoms with Gasteiger partial charge in [0.05, 0.1) is 19.0 Å². The molecule has 3 nitrogen and oxygen atoms in total. The summed E-state index contributed by atoms with van der Waals surface area (Å²) in [6.07, 6.45) is 9.11. The van der Waals surface area contributed by atoms with Crippen LogP contribution in [0.1, 0.15) is 51.9 Å². The lowest BCUT2D eigenvalue weighted by atomic mass is 10.1. The van der Waals surface area contributed by atoms with E-state index in [2.05, 4.69) is 16.8 Å². The third kappa shape index (κ3) is 6.89. The Labute approximate surface area is 112 Å². The van der Waals surface area contributed by atoms with Gasteiger partial charge in [-0.05, 0) is 6.42 Å². The van der Waals surface area contributed by atoms with Crippen LogP contribution in [0.15, 0.2) is 4.99 Å². The molecule has 0 aromatic carbocycles. The number of aliphatic hydroxyl groups is 1. The number of halogens is 1. The van der Waals surface area contributed by atoms with E-state index in [1.54, 1.807) is 0 Å². The maximum absolute atomic E-state index is 8.92. The van der Waals surface area contributed by atoms with Crippen molar-refractivity contribution in [1.29, 1.82) is 0 Å². The molecular formula is C13H27ClN2O. The largest absolute Gasteiger partial charge is 0.395 e. The summed E-state index contributed by atoms with van der Waals surface area (Å²) >= 11 is 0. The van der Waals surface area contributed by atoms with Crippen molar-refractivity contribution in [3.63, 3.8) is 0 Å². The van der Waals surface area contributed by atoms with Crippen molar-refractivity contribution in [2.75, 3.05) is 26.2 Å². The molecule has 0 saturated heterocycles. The van der Waals surface area contributed by atoms with Crippen LogP contribution < -0.4 is 0 Å². The highest BCUT2D eigenvalue weighted by Gasteiger charge is 2.14. The Balaban J connectivity index is 0.00000256. The van der Waals surface area contributed by atoms with Gasteiger partial charge in [0.25, 0.3) is 0 Å². The number of β-amino-alcohol motifs (C(OH)–C–C–N with tert-alkyl or cyclic N) is 1. The molecule has 1 heterocycles. The van der Waals surface area contributed by atoms with Crippen LogP contribution in [0, 0.1) is 0 Å². The van der Waals surface area contributed by atoms with Gasteiger partial charge in [0.1, 0.15) is 0 Å². The Kier molecular flexibility index (Phi) is 10.7. The Morgan fingerprint density at radius 1 is 1.18 bits per heavy atom. The second-order valence-corrected chi connectivity index (χ2v) is 4.53. The first-order valence-corrected chi connectivity index (χ1v) is 6.77. The van der Waals surface area contributed by atoms with Crippen LogP contribution in [-0.4, -0.2) is 42.1 Å². The average molecular weight is 263 g/mol. The smallest absolute Gasteiger partial charge is 0.0991 e. The highest BCUT2D eigenvalue weighted by Crippen LogP contribution is 2.11. The van der Waals surface area contributed by atoms with Gasteiger partial charge in [0.15, 0.2) is 0 Å². The van der Waals surface area contributed by atoms with Gasteiger partial charge in [-0.25, -0.2) is 0 Å². The third-order valence-electron chi connectivity index (χ3n) is 3.15. The lowest BCUT2D eigenvalue weighted by Crippen LogP contribution is -2.30. The summed E-state index contributed by atoms with van der Waals surface area (Å²) < 4.78 is 0. The molecule has 1 rings (SSSR count). The van der Waals surface area contributed by atoms with Crippen LogP contribution in [0.4, 0.5) is 0 Å². The standard InChI is InChI=1S/C13H26N2O.ClH/c1-2-3-4-5-6-7-8-13-14-9-10-15(13)11-12-16;/h16H,2-12H2,1H3;1H. The van der Waals surface area contributed by atoms with Crippen LogP contribution in [0.5, 0.6) is 0 Å². The van der Waals surface area contributed by atoms with E-state index in [1.165, 1.54) is 44.4 Å².